The standard InChI is InChI=1S/C8H12FN3O2.C3H5F/c1-12(2)8-10-5(4-13)6(9)7(11-8)14-3;1-2-3-4/h13H,4H2,1-3H3;2H,1,3H2. The van der Waals surface area contributed by atoms with Crippen molar-refractivity contribution in [3.63, 3.8) is 0 Å². The van der Waals surface area contributed by atoms with Crippen LogP contribution in [0.4, 0.5) is 14.7 Å². The van der Waals surface area contributed by atoms with Crippen LogP contribution in [0.25, 0.3) is 0 Å². The lowest BCUT2D eigenvalue weighted by Gasteiger charge is -2.12. The quantitative estimate of drug-likeness (QED) is 0.828. The normalized spacial score (nSPS) is 9.22. The molecule has 0 radical (unpaired) electrons. The van der Waals surface area contributed by atoms with Crippen molar-refractivity contribution in [3.05, 3.63) is 24.2 Å². The number of alkyl halides is 1. The Hall–Kier alpha value is -1.76. The number of anilines is 1. The fraction of sp³-hybridized carbons (Fsp3) is 0.455. The van der Waals surface area contributed by atoms with Gasteiger partial charge in [-0.1, -0.05) is 6.08 Å². The first-order valence-electron chi connectivity index (χ1n) is 5.07. The minimum absolute atomic E-state index is 0.0689. The van der Waals surface area contributed by atoms with E-state index in [4.69, 9.17) is 9.84 Å². The highest BCUT2D eigenvalue weighted by molar-refractivity contribution is 5.33. The first-order valence-corrected chi connectivity index (χ1v) is 5.07. The van der Waals surface area contributed by atoms with Crippen molar-refractivity contribution in [3.8, 4) is 5.88 Å². The van der Waals surface area contributed by atoms with Gasteiger partial charge in [0.05, 0.1) is 13.7 Å². The highest BCUT2D eigenvalue weighted by Gasteiger charge is 2.14. The molecule has 1 heterocycles. The Morgan fingerprint density at radius 2 is 2.00 bits per heavy atom. The molecule has 7 heteroatoms. The van der Waals surface area contributed by atoms with Crippen LogP contribution >= 0.6 is 0 Å². The Balaban J connectivity index is 0.000000631. The second kappa shape index (κ2) is 8.35. The molecule has 18 heavy (non-hydrogen) atoms. The van der Waals surface area contributed by atoms with Gasteiger partial charge in [-0.2, -0.15) is 9.37 Å². The van der Waals surface area contributed by atoms with E-state index < -0.39 is 19.1 Å². The van der Waals surface area contributed by atoms with Crippen LogP contribution < -0.4 is 9.64 Å². The summed E-state index contributed by atoms with van der Waals surface area (Å²) >= 11 is 0. The second-order valence-corrected chi connectivity index (χ2v) is 3.29. The maximum absolute atomic E-state index is 13.3. The summed E-state index contributed by atoms with van der Waals surface area (Å²) in [6.07, 6.45) is 1.21. The summed E-state index contributed by atoms with van der Waals surface area (Å²) in [4.78, 5) is 9.21. The minimum atomic E-state index is -0.722. The third-order valence-corrected chi connectivity index (χ3v) is 1.73. The SMILES string of the molecule is C=CCF.COc1nc(N(C)C)nc(CO)c1F. The van der Waals surface area contributed by atoms with E-state index >= 15 is 0 Å². The number of aromatic nitrogens is 2. The zero-order valence-electron chi connectivity index (χ0n) is 10.7. The van der Waals surface area contributed by atoms with E-state index in [0.717, 1.165) is 0 Å². The molecule has 1 N–H and O–H groups in total. The van der Waals surface area contributed by atoms with Gasteiger partial charge in [0.25, 0.3) is 5.88 Å². The predicted octanol–water partition coefficient (Wildman–Crippen LogP) is 1.32. The van der Waals surface area contributed by atoms with Gasteiger partial charge in [0.2, 0.25) is 11.8 Å². The Labute approximate surface area is 105 Å². The summed E-state index contributed by atoms with van der Waals surface area (Å²) in [5.41, 5.74) is -0.0689. The van der Waals surface area contributed by atoms with E-state index in [1.807, 2.05) is 0 Å². The Bertz CT molecular complexity index is 362. The molecule has 0 aliphatic heterocycles. The number of rotatable bonds is 4. The van der Waals surface area contributed by atoms with Crippen LogP contribution in [0.2, 0.25) is 0 Å². The van der Waals surface area contributed by atoms with Gasteiger partial charge in [0.15, 0.2) is 0 Å². The number of aliphatic hydroxyl groups is 1. The van der Waals surface area contributed by atoms with Gasteiger partial charge in [-0.25, -0.2) is 9.37 Å². The summed E-state index contributed by atoms with van der Waals surface area (Å²) in [7, 11) is 4.74. The number of methoxy groups -OCH3 is 1. The zero-order chi connectivity index (χ0) is 14.1. The summed E-state index contributed by atoms with van der Waals surface area (Å²) in [6, 6.07) is 0. The molecular weight excluding hydrogens is 244 g/mol. The summed E-state index contributed by atoms with van der Waals surface area (Å²) < 4.78 is 28.6. The molecular formula is C11H17F2N3O2. The summed E-state index contributed by atoms with van der Waals surface area (Å²) in [5, 5.41) is 8.84. The molecule has 0 atom stereocenters. The minimum Gasteiger partial charge on any atom is -0.479 e. The predicted molar refractivity (Wildman–Crippen MR) is 65.0 cm³/mol. The molecule has 5 nitrogen and oxygen atoms in total. The van der Waals surface area contributed by atoms with Crippen LogP contribution in [0.15, 0.2) is 12.7 Å². The molecule has 0 bridgehead atoms. The zero-order valence-corrected chi connectivity index (χ0v) is 10.7. The largest absolute Gasteiger partial charge is 0.479 e. The van der Waals surface area contributed by atoms with Crippen molar-refractivity contribution >= 4 is 5.95 Å². The number of hydrogen-bond donors (Lipinski definition) is 1. The summed E-state index contributed by atoms with van der Waals surface area (Å²) in [5.74, 6) is -0.583. The molecule has 0 aliphatic rings. The number of allylic oxidation sites excluding steroid dienone is 1. The van der Waals surface area contributed by atoms with Gasteiger partial charge in [-0.05, 0) is 0 Å². The smallest absolute Gasteiger partial charge is 0.255 e. The van der Waals surface area contributed by atoms with Crippen molar-refractivity contribution in [2.45, 2.75) is 6.61 Å². The molecule has 0 aromatic carbocycles. The third kappa shape index (κ3) is 4.62. The topological polar surface area (TPSA) is 58.5 Å². The van der Waals surface area contributed by atoms with Crippen molar-refractivity contribution in [2.75, 3.05) is 32.8 Å². The van der Waals surface area contributed by atoms with Crippen LogP contribution in [0.1, 0.15) is 5.69 Å². The molecule has 0 unspecified atom stereocenters. The molecule has 1 rings (SSSR count). The van der Waals surface area contributed by atoms with Gasteiger partial charge < -0.3 is 14.7 Å². The van der Waals surface area contributed by atoms with E-state index in [2.05, 4.69) is 16.5 Å². The molecule has 1 aromatic heterocycles. The summed E-state index contributed by atoms with van der Waals surface area (Å²) in [6.45, 7) is 2.21. The molecule has 0 aliphatic carbocycles. The lowest BCUT2D eigenvalue weighted by Crippen LogP contribution is -2.15. The first kappa shape index (κ1) is 16.2. The van der Waals surface area contributed by atoms with E-state index in [1.165, 1.54) is 13.2 Å². The van der Waals surface area contributed by atoms with E-state index in [0.29, 0.717) is 5.95 Å². The number of ether oxygens (including phenoxy) is 1. The Kier molecular flexibility index (Phi) is 7.53. The highest BCUT2D eigenvalue weighted by Crippen LogP contribution is 2.19. The van der Waals surface area contributed by atoms with E-state index in [9.17, 15) is 8.78 Å². The molecule has 0 saturated heterocycles. The van der Waals surface area contributed by atoms with Crippen LogP contribution in [0, 0.1) is 5.82 Å². The number of hydrogen-bond acceptors (Lipinski definition) is 5. The van der Waals surface area contributed by atoms with Crippen molar-refractivity contribution in [1.82, 2.24) is 9.97 Å². The molecule has 0 amide bonds. The monoisotopic (exact) mass is 261 g/mol. The third-order valence-electron chi connectivity index (χ3n) is 1.73. The molecule has 1 aromatic rings. The van der Waals surface area contributed by atoms with Crippen molar-refractivity contribution in [1.29, 1.82) is 0 Å². The van der Waals surface area contributed by atoms with Gasteiger partial charge >= 0.3 is 0 Å². The maximum atomic E-state index is 13.3. The van der Waals surface area contributed by atoms with Crippen LogP contribution in [-0.2, 0) is 6.61 Å². The average Bonchev–Trinajstić information content (AvgIpc) is 2.39. The van der Waals surface area contributed by atoms with E-state index in [-0.39, 0.29) is 11.6 Å². The van der Waals surface area contributed by atoms with E-state index in [1.54, 1.807) is 19.0 Å². The average molecular weight is 261 g/mol. The molecule has 0 saturated carbocycles. The highest BCUT2D eigenvalue weighted by atomic mass is 19.1. The lowest BCUT2D eigenvalue weighted by molar-refractivity contribution is 0.265. The molecule has 0 fully saturated rings. The van der Waals surface area contributed by atoms with Gasteiger partial charge in [-0.15, -0.1) is 6.58 Å². The first-order chi connectivity index (χ1) is 8.51. The van der Waals surface area contributed by atoms with Crippen molar-refractivity contribution in [2.24, 2.45) is 0 Å². The maximum Gasteiger partial charge on any atom is 0.255 e. The molecule has 102 valence electrons. The Morgan fingerprint density at radius 3 is 2.33 bits per heavy atom. The second-order valence-electron chi connectivity index (χ2n) is 3.29. The lowest BCUT2D eigenvalue weighted by atomic mass is 10.4. The van der Waals surface area contributed by atoms with Crippen LogP contribution in [0.5, 0.6) is 5.88 Å². The number of nitrogens with zero attached hydrogens (tertiary/aromatic N) is 3. The Morgan fingerprint density at radius 1 is 1.44 bits per heavy atom. The van der Waals surface area contributed by atoms with Crippen LogP contribution in [0.3, 0.4) is 0 Å². The fourth-order valence-corrected chi connectivity index (χ4v) is 0.898. The van der Waals surface area contributed by atoms with Gasteiger partial charge in [-0.3, -0.25) is 0 Å². The number of halogens is 2. The van der Waals surface area contributed by atoms with Gasteiger partial charge in [0.1, 0.15) is 12.4 Å². The molecule has 0 spiro atoms. The van der Waals surface area contributed by atoms with Gasteiger partial charge in [0, 0.05) is 14.1 Å². The fourth-order valence-electron chi connectivity index (χ4n) is 0.898. The number of aliphatic hydroxyl groups excluding tert-OH is 1. The van der Waals surface area contributed by atoms with Crippen LogP contribution in [-0.4, -0.2) is 43.0 Å². The van der Waals surface area contributed by atoms with Crippen molar-refractivity contribution < 1.29 is 18.6 Å².